The number of carbonyl (C=O) groups is 2. The molecule has 0 amide bonds. The van der Waals surface area contributed by atoms with Crippen molar-refractivity contribution in [2.45, 2.75) is 161 Å². The molecule has 6 nitrogen and oxygen atoms in total. The van der Waals surface area contributed by atoms with E-state index in [0.717, 1.165) is 44.4 Å². The molecular weight excluding hydrogens is 552 g/mol. The number of ether oxygens (including phenoxy) is 2. The van der Waals surface area contributed by atoms with Crippen LogP contribution in [0.25, 0.3) is 0 Å². The van der Waals surface area contributed by atoms with Crippen molar-refractivity contribution in [2.24, 2.45) is 5.92 Å². The molecule has 0 aliphatic rings. The van der Waals surface area contributed by atoms with E-state index in [1.54, 1.807) is 6.08 Å². The van der Waals surface area contributed by atoms with Gasteiger partial charge in [-0.25, -0.2) is 0 Å². The lowest BCUT2D eigenvalue weighted by Gasteiger charge is -2.12. The molecule has 0 bridgehead atoms. The summed E-state index contributed by atoms with van der Waals surface area (Å²) in [7, 11) is 0. The standard InChI is InChI=1S/C38H66O6/c1-4-6-7-8-9-10-11-12-13-14-18-21-24-28-35(39)29-26-31-38(42)44-33-36(40)32-43-37(41)30-25-22-19-16-15-17-20-23-27-34(3)5-2/h9-10,12-13,18,21,24,28,34-36,39-40H,4-8,11,14-17,19-20,22-23,25-27,29-33H2,1-3H3/b10-9-,13-12-,21-18-,28-24+/t34?,35-,36-/m1/s1. The smallest absolute Gasteiger partial charge is 0.305 e. The minimum Gasteiger partial charge on any atom is -0.463 e. The lowest BCUT2D eigenvalue weighted by atomic mass is 9.99. The second-order valence-corrected chi connectivity index (χ2v) is 12.1. The first-order valence-corrected chi connectivity index (χ1v) is 17.7. The topological polar surface area (TPSA) is 93.1 Å². The Balaban J connectivity index is 3.69. The van der Waals surface area contributed by atoms with Crippen LogP contribution in [0.4, 0.5) is 0 Å². The maximum Gasteiger partial charge on any atom is 0.305 e. The van der Waals surface area contributed by atoms with Crippen LogP contribution in [0.3, 0.4) is 0 Å². The molecule has 0 spiro atoms. The molecule has 44 heavy (non-hydrogen) atoms. The highest BCUT2D eigenvalue weighted by Crippen LogP contribution is 2.15. The summed E-state index contributed by atoms with van der Waals surface area (Å²) in [4.78, 5) is 23.8. The van der Waals surface area contributed by atoms with E-state index in [-0.39, 0.29) is 25.6 Å². The summed E-state index contributed by atoms with van der Waals surface area (Å²) in [5.41, 5.74) is 0. The Bertz CT molecular complexity index is 784. The molecule has 0 heterocycles. The minimum absolute atomic E-state index is 0.156. The van der Waals surface area contributed by atoms with Gasteiger partial charge in [-0.3, -0.25) is 9.59 Å². The number of unbranched alkanes of at least 4 members (excludes halogenated alkanes) is 10. The SMILES string of the molecule is CCCCC/C=C\C/C=C\C/C=C\C=C\[C@@H](O)CCCC(=O)OC[C@H](O)COC(=O)CCCCCCCCCCC(C)CC. The third kappa shape index (κ3) is 31.3. The van der Waals surface area contributed by atoms with Crippen LogP contribution in [0.15, 0.2) is 48.6 Å². The Morgan fingerprint density at radius 3 is 1.84 bits per heavy atom. The zero-order valence-electron chi connectivity index (χ0n) is 28.4. The van der Waals surface area contributed by atoms with Crippen molar-refractivity contribution < 1.29 is 29.3 Å². The van der Waals surface area contributed by atoms with Crippen molar-refractivity contribution >= 4 is 11.9 Å². The lowest BCUT2D eigenvalue weighted by Crippen LogP contribution is -2.25. The van der Waals surface area contributed by atoms with Gasteiger partial charge in [0.25, 0.3) is 0 Å². The summed E-state index contributed by atoms with van der Waals surface area (Å²) >= 11 is 0. The van der Waals surface area contributed by atoms with Crippen LogP contribution in [0.1, 0.15) is 149 Å². The van der Waals surface area contributed by atoms with Gasteiger partial charge in [-0.1, -0.05) is 140 Å². The van der Waals surface area contributed by atoms with Gasteiger partial charge in [0.2, 0.25) is 0 Å². The van der Waals surface area contributed by atoms with E-state index in [9.17, 15) is 19.8 Å². The number of allylic oxidation sites excluding steroid dienone is 7. The summed E-state index contributed by atoms with van der Waals surface area (Å²) in [6.45, 7) is 6.42. The van der Waals surface area contributed by atoms with E-state index in [1.807, 2.05) is 18.2 Å². The van der Waals surface area contributed by atoms with E-state index in [1.165, 1.54) is 64.2 Å². The number of rotatable bonds is 30. The first kappa shape index (κ1) is 41.8. The van der Waals surface area contributed by atoms with Crippen LogP contribution in [0, 0.1) is 5.92 Å². The lowest BCUT2D eigenvalue weighted by molar-refractivity contribution is -0.152. The number of esters is 2. The van der Waals surface area contributed by atoms with Crippen LogP contribution in [0.2, 0.25) is 0 Å². The highest BCUT2D eigenvalue weighted by molar-refractivity contribution is 5.69. The number of aliphatic hydroxyl groups is 2. The van der Waals surface area contributed by atoms with E-state index < -0.39 is 18.2 Å². The van der Waals surface area contributed by atoms with Crippen molar-refractivity contribution in [3.63, 3.8) is 0 Å². The fourth-order valence-electron chi connectivity index (χ4n) is 4.57. The van der Waals surface area contributed by atoms with E-state index in [2.05, 4.69) is 45.1 Å². The third-order valence-corrected chi connectivity index (χ3v) is 7.71. The van der Waals surface area contributed by atoms with Crippen LogP contribution in [-0.2, 0) is 19.1 Å². The normalized spacial score (nSPS) is 14.2. The van der Waals surface area contributed by atoms with Crippen molar-refractivity contribution in [3.8, 4) is 0 Å². The Morgan fingerprint density at radius 2 is 1.20 bits per heavy atom. The minimum atomic E-state index is -1.04. The highest BCUT2D eigenvalue weighted by atomic mass is 16.6. The molecule has 0 aromatic rings. The number of aliphatic hydroxyl groups excluding tert-OH is 2. The largest absolute Gasteiger partial charge is 0.463 e. The van der Waals surface area contributed by atoms with Crippen molar-refractivity contribution in [2.75, 3.05) is 13.2 Å². The van der Waals surface area contributed by atoms with Crippen LogP contribution >= 0.6 is 0 Å². The molecule has 0 saturated carbocycles. The zero-order chi connectivity index (χ0) is 32.5. The predicted molar refractivity (Wildman–Crippen MR) is 183 cm³/mol. The van der Waals surface area contributed by atoms with Crippen LogP contribution < -0.4 is 0 Å². The molecule has 3 atom stereocenters. The molecule has 0 fully saturated rings. The molecular formula is C38H66O6. The first-order valence-electron chi connectivity index (χ1n) is 17.7. The van der Waals surface area contributed by atoms with Crippen molar-refractivity contribution in [1.29, 1.82) is 0 Å². The molecule has 254 valence electrons. The van der Waals surface area contributed by atoms with E-state index >= 15 is 0 Å². The average molecular weight is 619 g/mol. The Morgan fingerprint density at radius 1 is 0.636 bits per heavy atom. The summed E-state index contributed by atoms with van der Waals surface area (Å²) in [6.07, 6.45) is 34.8. The van der Waals surface area contributed by atoms with Gasteiger partial charge in [0.05, 0.1) is 6.10 Å². The maximum absolute atomic E-state index is 11.9. The number of hydrogen-bond acceptors (Lipinski definition) is 6. The van der Waals surface area contributed by atoms with Gasteiger partial charge >= 0.3 is 11.9 Å². The zero-order valence-corrected chi connectivity index (χ0v) is 28.4. The second kappa shape index (κ2) is 32.2. The summed E-state index contributed by atoms with van der Waals surface area (Å²) < 4.78 is 10.2. The molecule has 0 saturated heterocycles. The highest BCUT2D eigenvalue weighted by Gasteiger charge is 2.12. The quantitative estimate of drug-likeness (QED) is 0.0360. The summed E-state index contributed by atoms with van der Waals surface area (Å²) in [6, 6.07) is 0. The predicted octanol–water partition coefficient (Wildman–Crippen LogP) is 9.50. The fraction of sp³-hybridized carbons (Fsp3) is 0.737. The van der Waals surface area contributed by atoms with Gasteiger partial charge < -0.3 is 19.7 Å². The van der Waals surface area contributed by atoms with Crippen molar-refractivity contribution in [1.82, 2.24) is 0 Å². The molecule has 0 aliphatic heterocycles. The van der Waals surface area contributed by atoms with E-state index in [4.69, 9.17) is 9.47 Å². The van der Waals surface area contributed by atoms with Crippen LogP contribution in [-0.4, -0.2) is 47.6 Å². The van der Waals surface area contributed by atoms with Gasteiger partial charge in [-0.05, 0) is 50.9 Å². The molecule has 6 heteroatoms. The van der Waals surface area contributed by atoms with Gasteiger partial charge in [-0.15, -0.1) is 0 Å². The monoisotopic (exact) mass is 618 g/mol. The van der Waals surface area contributed by atoms with Crippen LogP contribution in [0.5, 0.6) is 0 Å². The molecule has 0 radical (unpaired) electrons. The summed E-state index contributed by atoms with van der Waals surface area (Å²) in [5, 5.41) is 20.0. The molecule has 2 N–H and O–H groups in total. The Hall–Kier alpha value is -2.18. The molecule has 1 unspecified atom stereocenters. The molecule has 0 aliphatic carbocycles. The fourth-order valence-corrected chi connectivity index (χ4v) is 4.57. The average Bonchev–Trinajstić information content (AvgIpc) is 3.01. The first-order chi connectivity index (χ1) is 21.4. The Labute approximate surface area is 270 Å². The van der Waals surface area contributed by atoms with E-state index in [0.29, 0.717) is 19.3 Å². The third-order valence-electron chi connectivity index (χ3n) is 7.71. The summed E-state index contributed by atoms with van der Waals surface area (Å²) in [5.74, 6) is 0.0817. The molecule has 0 rings (SSSR count). The maximum atomic E-state index is 11.9. The molecule has 0 aromatic carbocycles. The molecule has 0 aromatic heterocycles. The van der Waals surface area contributed by atoms with Crippen molar-refractivity contribution in [3.05, 3.63) is 48.6 Å². The van der Waals surface area contributed by atoms with Gasteiger partial charge in [0, 0.05) is 12.8 Å². The van der Waals surface area contributed by atoms with Gasteiger partial charge in [0.1, 0.15) is 19.3 Å². The number of hydrogen-bond donors (Lipinski definition) is 2. The second-order valence-electron chi connectivity index (χ2n) is 12.1. The number of carbonyl (C=O) groups excluding carboxylic acids is 2. The Kier molecular flexibility index (Phi) is 30.6. The van der Waals surface area contributed by atoms with Gasteiger partial charge in [-0.2, -0.15) is 0 Å². The van der Waals surface area contributed by atoms with Gasteiger partial charge in [0.15, 0.2) is 0 Å².